The smallest absolute Gasteiger partial charge is 0.360 e. The second-order valence-electron chi connectivity index (χ2n) is 8.82. The molecular formula is C24H27NO9S. The predicted octanol–water partition coefficient (Wildman–Crippen LogP) is 2.15. The molecule has 0 amide bonds. The molecule has 3 unspecified atom stereocenters. The number of hydrogen-bond donors (Lipinski definition) is 3. The van der Waals surface area contributed by atoms with Crippen molar-refractivity contribution in [2.24, 2.45) is 0 Å². The van der Waals surface area contributed by atoms with E-state index in [9.17, 15) is 23.4 Å². The first kappa shape index (κ1) is 25.1. The molecule has 10 nitrogen and oxygen atoms in total. The Balaban J connectivity index is 1.63. The highest BCUT2D eigenvalue weighted by molar-refractivity contribution is 7.92. The molecule has 0 bridgehead atoms. The van der Waals surface area contributed by atoms with Crippen LogP contribution >= 0.6 is 0 Å². The monoisotopic (exact) mass is 505 g/mol. The number of hydrogen-bond acceptors (Lipinski definition) is 9. The number of benzene rings is 2. The van der Waals surface area contributed by atoms with Crippen LogP contribution in [0.15, 0.2) is 62.6 Å². The summed E-state index contributed by atoms with van der Waals surface area (Å²) in [7, 11) is -2.57. The van der Waals surface area contributed by atoms with Gasteiger partial charge < -0.3 is 28.8 Å². The minimum Gasteiger partial charge on any atom is -0.462 e. The number of aliphatic hydroxyl groups excluding tert-OH is 2. The SMILES string of the molecule is COC1C(O)C(O)[C@H](Oc2ccc3cc(NS(=O)(=O)c4ccccc4)c(=O)oc3c2C)OC1(C)C. The summed E-state index contributed by atoms with van der Waals surface area (Å²) in [5, 5.41) is 21.4. The third-order valence-electron chi connectivity index (χ3n) is 5.94. The summed E-state index contributed by atoms with van der Waals surface area (Å²) < 4.78 is 49.9. The van der Waals surface area contributed by atoms with Gasteiger partial charge in [-0.1, -0.05) is 18.2 Å². The van der Waals surface area contributed by atoms with Crippen LogP contribution in [0.5, 0.6) is 5.75 Å². The van der Waals surface area contributed by atoms with Crippen LogP contribution in [-0.2, 0) is 19.5 Å². The Hall–Kier alpha value is -2.96. The zero-order valence-corrected chi connectivity index (χ0v) is 20.4. The van der Waals surface area contributed by atoms with Gasteiger partial charge in [0, 0.05) is 18.1 Å². The maximum Gasteiger partial charge on any atom is 0.360 e. The third-order valence-corrected chi connectivity index (χ3v) is 7.32. The van der Waals surface area contributed by atoms with Gasteiger partial charge in [0.1, 0.15) is 35.3 Å². The van der Waals surface area contributed by atoms with Crippen LogP contribution in [0.4, 0.5) is 5.69 Å². The van der Waals surface area contributed by atoms with E-state index in [4.69, 9.17) is 18.6 Å². The number of fused-ring (bicyclic) bond motifs is 1. The number of methoxy groups -OCH3 is 1. The maximum atomic E-state index is 12.6. The summed E-state index contributed by atoms with van der Waals surface area (Å²) in [6.45, 7) is 5.05. The van der Waals surface area contributed by atoms with Gasteiger partial charge in [0.25, 0.3) is 10.0 Å². The van der Waals surface area contributed by atoms with Crippen LogP contribution in [0.1, 0.15) is 19.4 Å². The van der Waals surface area contributed by atoms with E-state index in [-0.39, 0.29) is 21.9 Å². The molecule has 3 N–H and O–H groups in total. The maximum absolute atomic E-state index is 12.6. The molecule has 1 aromatic heterocycles. The highest BCUT2D eigenvalue weighted by Gasteiger charge is 2.50. The zero-order valence-electron chi connectivity index (χ0n) is 19.6. The molecule has 2 aromatic carbocycles. The van der Waals surface area contributed by atoms with Crippen molar-refractivity contribution in [3.05, 3.63) is 64.5 Å². The molecule has 0 aliphatic carbocycles. The van der Waals surface area contributed by atoms with E-state index in [0.29, 0.717) is 10.9 Å². The van der Waals surface area contributed by atoms with Crippen LogP contribution in [0.25, 0.3) is 11.0 Å². The zero-order chi connectivity index (χ0) is 25.5. The van der Waals surface area contributed by atoms with Crippen LogP contribution in [0.2, 0.25) is 0 Å². The molecule has 2 heterocycles. The first-order valence-electron chi connectivity index (χ1n) is 10.8. The van der Waals surface area contributed by atoms with E-state index in [1.165, 1.54) is 25.3 Å². The van der Waals surface area contributed by atoms with E-state index < -0.39 is 45.9 Å². The molecule has 11 heteroatoms. The summed E-state index contributed by atoms with van der Waals surface area (Å²) in [6, 6.07) is 12.2. The van der Waals surface area contributed by atoms with Crippen LogP contribution in [0, 0.1) is 6.92 Å². The van der Waals surface area contributed by atoms with E-state index in [1.54, 1.807) is 51.1 Å². The second-order valence-corrected chi connectivity index (χ2v) is 10.5. The number of sulfonamides is 1. The minimum absolute atomic E-state index is 0.00582. The lowest BCUT2D eigenvalue weighted by Gasteiger charge is -2.46. The lowest BCUT2D eigenvalue weighted by Crippen LogP contribution is -2.63. The third kappa shape index (κ3) is 4.78. The van der Waals surface area contributed by atoms with Crippen molar-refractivity contribution in [1.29, 1.82) is 0 Å². The van der Waals surface area contributed by atoms with Crippen molar-refractivity contribution in [3.8, 4) is 5.75 Å². The van der Waals surface area contributed by atoms with Crippen molar-refractivity contribution >= 4 is 26.7 Å². The Morgan fingerprint density at radius 3 is 2.40 bits per heavy atom. The highest BCUT2D eigenvalue weighted by atomic mass is 32.2. The van der Waals surface area contributed by atoms with Gasteiger partial charge in [-0.15, -0.1) is 0 Å². The van der Waals surface area contributed by atoms with Crippen molar-refractivity contribution in [2.75, 3.05) is 11.8 Å². The Morgan fingerprint density at radius 2 is 1.74 bits per heavy atom. The van der Waals surface area contributed by atoms with Gasteiger partial charge in [-0.2, -0.15) is 0 Å². The number of aryl methyl sites for hydroxylation is 1. The first-order valence-corrected chi connectivity index (χ1v) is 12.3. The molecule has 4 atom stereocenters. The minimum atomic E-state index is -3.98. The standard InChI is InChI=1S/C24H27NO9S/c1-13-17(32-23-19(27)18(26)21(31-4)24(2,3)34-23)11-10-14-12-16(22(28)33-20(13)14)25-35(29,30)15-8-6-5-7-9-15/h5-12,18-19,21,23,25-27H,1-4H3/t18?,19?,21?,23-/m1/s1. The molecular weight excluding hydrogens is 478 g/mol. The molecule has 1 aliphatic heterocycles. The van der Waals surface area contributed by atoms with E-state index in [1.807, 2.05) is 0 Å². The molecule has 188 valence electrons. The summed E-state index contributed by atoms with van der Waals surface area (Å²) in [6.07, 6.45) is -4.64. The predicted molar refractivity (Wildman–Crippen MR) is 127 cm³/mol. The molecule has 0 spiro atoms. The Kier molecular flexibility index (Phi) is 6.64. The lowest BCUT2D eigenvalue weighted by atomic mass is 9.89. The van der Waals surface area contributed by atoms with Gasteiger partial charge in [0.15, 0.2) is 0 Å². The van der Waals surface area contributed by atoms with Crippen LogP contribution in [-0.4, -0.2) is 55.9 Å². The second kappa shape index (κ2) is 9.25. The number of ether oxygens (including phenoxy) is 3. The number of rotatable bonds is 6. The van der Waals surface area contributed by atoms with Gasteiger partial charge in [-0.3, -0.25) is 4.72 Å². The molecule has 1 aliphatic rings. The van der Waals surface area contributed by atoms with Crippen molar-refractivity contribution in [1.82, 2.24) is 0 Å². The van der Waals surface area contributed by atoms with E-state index >= 15 is 0 Å². The number of nitrogens with one attached hydrogen (secondary N) is 1. The Labute approximate surface area is 202 Å². The summed E-state index contributed by atoms with van der Waals surface area (Å²) in [5.74, 6) is 0.251. The van der Waals surface area contributed by atoms with Gasteiger partial charge >= 0.3 is 5.63 Å². The molecule has 0 radical (unpaired) electrons. The molecule has 1 fully saturated rings. The fourth-order valence-electron chi connectivity index (χ4n) is 4.14. The fraction of sp³-hybridized carbons (Fsp3) is 0.375. The summed E-state index contributed by atoms with van der Waals surface area (Å²) in [4.78, 5) is 12.6. The van der Waals surface area contributed by atoms with E-state index in [0.717, 1.165) is 0 Å². The highest BCUT2D eigenvalue weighted by Crippen LogP contribution is 2.35. The van der Waals surface area contributed by atoms with Gasteiger partial charge in [-0.05, 0) is 51.1 Å². The average molecular weight is 506 g/mol. The summed E-state index contributed by atoms with van der Waals surface area (Å²) in [5.41, 5.74) is -1.48. The molecule has 1 saturated heterocycles. The van der Waals surface area contributed by atoms with Crippen molar-refractivity contribution < 1.29 is 37.3 Å². The average Bonchev–Trinajstić information content (AvgIpc) is 2.80. The Morgan fingerprint density at radius 1 is 1.06 bits per heavy atom. The first-order chi connectivity index (χ1) is 16.4. The normalized spacial score (nSPS) is 24.3. The van der Waals surface area contributed by atoms with Crippen molar-refractivity contribution in [2.45, 2.75) is 55.9 Å². The van der Waals surface area contributed by atoms with Crippen LogP contribution < -0.4 is 15.1 Å². The fourth-order valence-corrected chi connectivity index (χ4v) is 5.20. The van der Waals surface area contributed by atoms with Gasteiger partial charge in [0.05, 0.1) is 10.5 Å². The number of anilines is 1. The van der Waals surface area contributed by atoms with Gasteiger partial charge in [0.2, 0.25) is 6.29 Å². The molecule has 0 saturated carbocycles. The van der Waals surface area contributed by atoms with Gasteiger partial charge in [-0.25, -0.2) is 13.2 Å². The van der Waals surface area contributed by atoms with Crippen LogP contribution in [0.3, 0.4) is 0 Å². The number of aliphatic hydroxyl groups is 2. The van der Waals surface area contributed by atoms with E-state index in [2.05, 4.69) is 4.72 Å². The molecule has 3 aromatic rings. The Bertz CT molecular complexity index is 1390. The molecule has 35 heavy (non-hydrogen) atoms. The lowest BCUT2D eigenvalue weighted by molar-refractivity contribution is -0.306. The summed E-state index contributed by atoms with van der Waals surface area (Å²) >= 11 is 0. The topological polar surface area (TPSA) is 145 Å². The molecule has 4 rings (SSSR count). The van der Waals surface area contributed by atoms with Crippen molar-refractivity contribution in [3.63, 3.8) is 0 Å². The largest absolute Gasteiger partial charge is 0.462 e. The quantitative estimate of drug-likeness (QED) is 0.429.